The van der Waals surface area contributed by atoms with Crippen molar-refractivity contribution in [3.63, 3.8) is 0 Å². The highest BCUT2D eigenvalue weighted by Crippen LogP contribution is 2.29. The maximum atomic E-state index is 12.6. The van der Waals surface area contributed by atoms with Gasteiger partial charge in [-0.25, -0.2) is 19.6 Å². The molecule has 31 heavy (non-hydrogen) atoms. The largest absolute Gasteiger partial charge is 0.507 e. The molecule has 1 fully saturated rings. The predicted molar refractivity (Wildman–Crippen MR) is 113 cm³/mol. The van der Waals surface area contributed by atoms with Gasteiger partial charge in [0.25, 0.3) is 0 Å². The molecule has 4 rings (SSSR count). The van der Waals surface area contributed by atoms with E-state index in [1.165, 1.54) is 30.8 Å². The number of para-hydroxylation sites is 1. The van der Waals surface area contributed by atoms with Crippen LogP contribution in [0.5, 0.6) is 11.6 Å². The van der Waals surface area contributed by atoms with E-state index < -0.39 is 5.97 Å². The van der Waals surface area contributed by atoms with Crippen molar-refractivity contribution in [3.05, 3.63) is 35.7 Å². The van der Waals surface area contributed by atoms with Crippen LogP contribution in [0.25, 0.3) is 10.3 Å². The van der Waals surface area contributed by atoms with Gasteiger partial charge in [0.1, 0.15) is 17.6 Å². The Balaban J connectivity index is 1.35. The number of hydrogen-bond donors (Lipinski definition) is 3. The van der Waals surface area contributed by atoms with Gasteiger partial charge in [0, 0.05) is 38.3 Å². The number of thiazole rings is 1. The number of nitrogens with one attached hydrogen (secondary N) is 1. The Kier molecular flexibility index (Phi) is 5.82. The fraction of sp³-hybridized carbons (Fsp3) is 0.316. The monoisotopic (exact) mass is 444 g/mol. The molecule has 162 valence electrons. The molecule has 1 aliphatic rings. The molecule has 2 amide bonds. The summed E-state index contributed by atoms with van der Waals surface area (Å²) in [4.78, 5) is 40.7. The molecule has 1 saturated heterocycles. The van der Waals surface area contributed by atoms with Crippen molar-refractivity contribution in [2.45, 2.75) is 6.54 Å². The number of aromatic carboxylic acids is 1. The molecule has 3 aromatic rings. The van der Waals surface area contributed by atoms with Crippen LogP contribution in [-0.4, -0.2) is 80.3 Å². The van der Waals surface area contributed by atoms with Gasteiger partial charge in [-0.05, 0) is 6.07 Å². The minimum atomic E-state index is -1.17. The number of aromatic hydroxyl groups is 1. The number of nitrogens with zero attached hydrogens (tertiary/aromatic N) is 5. The second kappa shape index (κ2) is 8.70. The number of carbonyl (C=O) groups is 2. The van der Waals surface area contributed by atoms with Crippen LogP contribution in [0.15, 0.2) is 24.5 Å². The van der Waals surface area contributed by atoms with Crippen molar-refractivity contribution >= 4 is 38.8 Å². The van der Waals surface area contributed by atoms with Crippen molar-refractivity contribution < 1.29 is 24.5 Å². The van der Waals surface area contributed by atoms with Crippen molar-refractivity contribution in [1.82, 2.24) is 24.8 Å². The van der Waals surface area contributed by atoms with Crippen LogP contribution in [0.1, 0.15) is 15.9 Å². The molecule has 0 atom stereocenters. The van der Waals surface area contributed by atoms with Gasteiger partial charge in [-0.1, -0.05) is 23.5 Å². The van der Waals surface area contributed by atoms with Gasteiger partial charge in [0.2, 0.25) is 5.88 Å². The van der Waals surface area contributed by atoms with Crippen LogP contribution in [0.2, 0.25) is 0 Å². The van der Waals surface area contributed by atoms with Crippen LogP contribution in [0.4, 0.5) is 9.93 Å². The van der Waals surface area contributed by atoms with Gasteiger partial charge in [0.05, 0.1) is 7.11 Å². The Morgan fingerprint density at radius 2 is 2.00 bits per heavy atom. The number of rotatable bonds is 5. The van der Waals surface area contributed by atoms with Gasteiger partial charge in [-0.3, -0.25) is 10.2 Å². The predicted octanol–water partition coefficient (Wildman–Crippen LogP) is 1.85. The molecule has 3 N–H and O–H groups in total. The normalized spacial score (nSPS) is 14.5. The zero-order valence-electron chi connectivity index (χ0n) is 16.6. The number of ether oxygens (including phenoxy) is 1. The van der Waals surface area contributed by atoms with E-state index in [1.807, 2.05) is 0 Å². The standard InChI is InChI=1S/C19H20N6O5S/c1-30-15-13-16(21-10-20-15)31-18(22-13)23-19(29)25-7-5-24(6-8-25)9-11-3-2-4-12(14(11)26)17(27)28/h2-4,10,26H,5-9H2,1H3,(H,27,28)(H,22,23,29). The highest BCUT2D eigenvalue weighted by Gasteiger charge is 2.24. The number of piperazine rings is 1. The number of aromatic nitrogens is 3. The van der Waals surface area contributed by atoms with Crippen LogP contribution in [0.3, 0.4) is 0 Å². The molecule has 0 unspecified atom stereocenters. The third-order valence-corrected chi connectivity index (χ3v) is 5.85. The number of urea groups is 1. The summed E-state index contributed by atoms with van der Waals surface area (Å²) >= 11 is 1.24. The number of methoxy groups -OCH3 is 1. The van der Waals surface area contributed by atoms with Crippen molar-refractivity contribution in [2.24, 2.45) is 0 Å². The lowest BCUT2D eigenvalue weighted by Crippen LogP contribution is -2.49. The quantitative estimate of drug-likeness (QED) is 0.537. The summed E-state index contributed by atoms with van der Waals surface area (Å²) in [6.45, 7) is 2.55. The third-order valence-electron chi connectivity index (χ3n) is 4.97. The zero-order valence-corrected chi connectivity index (χ0v) is 17.4. The van der Waals surface area contributed by atoms with E-state index in [4.69, 9.17) is 9.84 Å². The molecule has 0 saturated carbocycles. The Morgan fingerprint density at radius 1 is 1.23 bits per heavy atom. The SMILES string of the molecule is COc1ncnc2sc(NC(=O)N3CCN(Cc4cccc(C(=O)O)c4O)CC3)nc12. The van der Waals surface area contributed by atoms with Gasteiger partial charge in [0.15, 0.2) is 15.5 Å². The summed E-state index contributed by atoms with van der Waals surface area (Å²) in [6.07, 6.45) is 1.38. The molecule has 2 aromatic heterocycles. The Labute approximate surface area is 180 Å². The number of anilines is 1. The number of carbonyl (C=O) groups excluding carboxylic acids is 1. The van der Waals surface area contributed by atoms with Crippen LogP contribution >= 0.6 is 11.3 Å². The number of carboxylic acid groups (broad SMARTS) is 1. The molecule has 12 heteroatoms. The highest BCUT2D eigenvalue weighted by atomic mass is 32.1. The lowest BCUT2D eigenvalue weighted by Gasteiger charge is -2.34. The summed E-state index contributed by atoms with van der Waals surface area (Å²) in [5.74, 6) is -1.03. The molecule has 11 nitrogen and oxygen atoms in total. The van der Waals surface area contributed by atoms with Crippen LogP contribution < -0.4 is 10.1 Å². The highest BCUT2D eigenvalue weighted by molar-refractivity contribution is 7.22. The molecular formula is C19H20N6O5S. The first-order valence-corrected chi connectivity index (χ1v) is 10.3. The van der Waals surface area contributed by atoms with Crippen molar-refractivity contribution in [3.8, 4) is 11.6 Å². The number of fused-ring (bicyclic) bond motifs is 1. The first-order valence-electron chi connectivity index (χ1n) is 9.44. The van der Waals surface area contributed by atoms with Gasteiger partial charge in [-0.15, -0.1) is 0 Å². The minimum absolute atomic E-state index is 0.118. The summed E-state index contributed by atoms with van der Waals surface area (Å²) in [6, 6.07) is 4.42. The van der Waals surface area contributed by atoms with E-state index in [1.54, 1.807) is 17.0 Å². The number of hydrogen-bond acceptors (Lipinski definition) is 9. The fourth-order valence-electron chi connectivity index (χ4n) is 3.35. The molecule has 1 aliphatic heterocycles. The topological polar surface area (TPSA) is 141 Å². The molecule has 0 radical (unpaired) electrons. The second-order valence-electron chi connectivity index (χ2n) is 6.87. The molecule has 1 aromatic carbocycles. The van der Waals surface area contributed by atoms with E-state index >= 15 is 0 Å². The zero-order chi connectivity index (χ0) is 22.0. The van der Waals surface area contributed by atoms with Gasteiger partial charge < -0.3 is 19.8 Å². The second-order valence-corrected chi connectivity index (χ2v) is 7.85. The fourth-order valence-corrected chi connectivity index (χ4v) is 4.14. The number of carboxylic acids is 1. The van der Waals surface area contributed by atoms with E-state index in [0.29, 0.717) is 59.6 Å². The molecule has 0 aliphatic carbocycles. The van der Waals surface area contributed by atoms with E-state index in [9.17, 15) is 14.7 Å². The average Bonchev–Trinajstić information content (AvgIpc) is 3.18. The Hall–Kier alpha value is -3.51. The smallest absolute Gasteiger partial charge is 0.339 e. The number of phenols is 1. The summed E-state index contributed by atoms with van der Waals surface area (Å²) in [7, 11) is 1.50. The summed E-state index contributed by atoms with van der Waals surface area (Å²) in [5.41, 5.74) is 0.925. The van der Waals surface area contributed by atoms with Crippen LogP contribution in [0, 0.1) is 0 Å². The van der Waals surface area contributed by atoms with Gasteiger partial charge >= 0.3 is 12.0 Å². The van der Waals surface area contributed by atoms with E-state index in [2.05, 4.69) is 25.2 Å². The van der Waals surface area contributed by atoms with E-state index in [0.717, 1.165) is 0 Å². The van der Waals surface area contributed by atoms with Gasteiger partial charge in [-0.2, -0.15) is 4.98 Å². The molecule has 3 heterocycles. The minimum Gasteiger partial charge on any atom is -0.507 e. The van der Waals surface area contributed by atoms with Crippen LogP contribution in [-0.2, 0) is 6.54 Å². The lowest BCUT2D eigenvalue weighted by molar-refractivity contribution is 0.0693. The molecule has 0 spiro atoms. The number of amides is 2. The summed E-state index contributed by atoms with van der Waals surface area (Å²) in [5, 5.41) is 22.5. The van der Waals surface area contributed by atoms with E-state index in [-0.39, 0.29) is 17.3 Å². The first kappa shape index (κ1) is 20.8. The molecular weight excluding hydrogens is 424 g/mol. The maximum Gasteiger partial charge on any atom is 0.339 e. The third kappa shape index (κ3) is 4.34. The Bertz CT molecular complexity index is 1130. The summed E-state index contributed by atoms with van der Waals surface area (Å²) < 4.78 is 5.17. The van der Waals surface area contributed by atoms with Crippen molar-refractivity contribution in [2.75, 3.05) is 38.6 Å². The Morgan fingerprint density at radius 3 is 2.71 bits per heavy atom. The number of benzene rings is 1. The first-order chi connectivity index (χ1) is 15.0. The average molecular weight is 444 g/mol. The maximum absolute atomic E-state index is 12.6. The van der Waals surface area contributed by atoms with Crippen molar-refractivity contribution in [1.29, 1.82) is 0 Å². The lowest BCUT2D eigenvalue weighted by atomic mass is 10.1. The molecule has 0 bridgehead atoms.